The highest BCUT2D eigenvalue weighted by Gasteiger charge is 2.25. The molecule has 1 aliphatic heterocycles. The molecular weight excluding hydrogens is 234 g/mol. The summed E-state index contributed by atoms with van der Waals surface area (Å²) in [4.78, 5) is 19.3. The summed E-state index contributed by atoms with van der Waals surface area (Å²) in [5, 5.41) is 4.36. The van der Waals surface area contributed by atoms with Crippen molar-refractivity contribution in [1.29, 1.82) is 0 Å². The van der Waals surface area contributed by atoms with Gasteiger partial charge < -0.3 is 10.2 Å². The number of aryl methyl sites for hydroxylation is 1. The molecule has 94 valence electrons. The number of amides is 1. The van der Waals surface area contributed by atoms with E-state index in [-0.39, 0.29) is 11.9 Å². The van der Waals surface area contributed by atoms with Gasteiger partial charge in [-0.3, -0.25) is 4.79 Å². The van der Waals surface area contributed by atoms with Crippen LogP contribution in [0.2, 0.25) is 0 Å². The van der Waals surface area contributed by atoms with E-state index in [4.69, 9.17) is 0 Å². The lowest BCUT2D eigenvalue weighted by molar-refractivity contribution is 0.0660. The third-order valence-electron chi connectivity index (χ3n) is 2.99. The van der Waals surface area contributed by atoms with Gasteiger partial charge in [-0.25, -0.2) is 4.98 Å². The fourth-order valence-corrected chi connectivity index (χ4v) is 3.00. The number of nitrogens with one attached hydrogen (secondary N) is 1. The molecule has 1 amide bonds. The molecule has 0 unspecified atom stereocenters. The first-order valence-corrected chi connectivity index (χ1v) is 7.00. The van der Waals surface area contributed by atoms with E-state index in [1.165, 1.54) is 11.3 Å². The summed E-state index contributed by atoms with van der Waals surface area (Å²) in [5.41, 5.74) is 0. The average molecular weight is 253 g/mol. The van der Waals surface area contributed by atoms with Crippen molar-refractivity contribution in [1.82, 2.24) is 15.2 Å². The third-order valence-corrected chi connectivity index (χ3v) is 4.04. The molecule has 0 aromatic carbocycles. The Morgan fingerprint density at radius 3 is 3.24 bits per heavy atom. The molecule has 1 fully saturated rings. The Kier molecular flexibility index (Phi) is 4.12. The van der Waals surface area contributed by atoms with Crippen LogP contribution >= 0.6 is 11.3 Å². The smallest absolute Gasteiger partial charge is 0.265 e. The van der Waals surface area contributed by atoms with E-state index in [9.17, 15) is 4.79 Å². The number of aromatic nitrogens is 1. The topological polar surface area (TPSA) is 45.2 Å². The van der Waals surface area contributed by atoms with Gasteiger partial charge in [0.15, 0.2) is 0 Å². The maximum absolute atomic E-state index is 12.3. The van der Waals surface area contributed by atoms with Crippen LogP contribution in [0.3, 0.4) is 0 Å². The van der Waals surface area contributed by atoms with Crippen molar-refractivity contribution in [3.8, 4) is 0 Å². The van der Waals surface area contributed by atoms with Crippen molar-refractivity contribution >= 4 is 17.2 Å². The number of thiazole rings is 1. The zero-order chi connectivity index (χ0) is 12.3. The van der Waals surface area contributed by atoms with E-state index >= 15 is 0 Å². The van der Waals surface area contributed by atoms with Crippen LogP contribution in [-0.4, -0.2) is 41.5 Å². The number of hydrogen-bond donors (Lipinski definition) is 1. The molecule has 1 atom stereocenters. The SMILES string of the molecule is CCCc1ncc(C(=O)N2CCNC[C@@H]2C)s1. The van der Waals surface area contributed by atoms with Crippen LogP contribution in [0, 0.1) is 0 Å². The molecule has 1 aromatic rings. The summed E-state index contributed by atoms with van der Waals surface area (Å²) < 4.78 is 0. The second-order valence-electron chi connectivity index (χ2n) is 4.42. The maximum Gasteiger partial charge on any atom is 0.265 e. The summed E-state index contributed by atoms with van der Waals surface area (Å²) in [7, 11) is 0. The highest BCUT2D eigenvalue weighted by Crippen LogP contribution is 2.18. The van der Waals surface area contributed by atoms with Gasteiger partial charge in [0.2, 0.25) is 0 Å². The second kappa shape index (κ2) is 5.60. The monoisotopic (exact) mass is 253 g/mol. The Morgan fingerprint density at radius 1 is 1.71 bits per heavy atom. The highest BCUT2D eigenvalue weighted by molar-refractivity contribution is 7.13. The molecular formula is C12H19N3OS. The van der Waals surface area contributed by atoms with Gasteiger partial charge in [-0.1, -0.05) is 6.92 Å². The third kappa shape index (κ3) is 2.84. The van der Waals surface area contributed by atoms with E-state index in [0.717, 1.165) is 42.4 Å². The van der Waals surface area contributed by atoms with Crippen LogP contribution in [0.1, 0.15) is 34.9 Å². The number of piperazine rings is 1. The lowest BCUT2D eigenvalue weighted by Crippen LogP contribution is -2.52. The van der Waals surface area contributed by atoms with Gasteiger partial charge in [0.1, 0.15) is 4.88 Å². The lowest BCUT2D eigenvalue weighted by atomic mass is 10.2. The highest BCUT2D eigenvalue weighted by atomic mass is 32.1. The summed E-state index contributed by atoms with van der Waals surface area (Å²) >= 11 is 1.54. The van der Waals surface area contributed by atoms with Crippen molar-refractivity contribution in [3.63, 3.8) is 0 Å². The summed E-state index contributed by atoms with van der Waals surface area (Å²) in [6.45, 7) is 6.77. The van der Waals surface area contributed by atoms with Crippen LogP contribution in [0.5, 0.6) is 0 Å². The molecule has 0 spiro atoms. The molecule has 0 saturated carbocycles. The summed E-state index contributed by atoms with van der Waals surface area (Å²) in [6, 6.07) is 0.271. The molecule has 0 radical (unpaired) electrons. The molecule has 0 aliphatic carbocycles. The van der Waals surface area contributed by atoms with Gasteiger partial charge in [-0.15, -0.1) is 11.3 Å². The molecule has 17 heavy (non-hydrogen) atoms. The van der Waals surface area contributed by atoms with Crippen LogP contribution in [0.4, 0.5) is 0 Å². The van der Waals surface area contributed by atoms with Crippen molar-refractivity contribution in [2.75, 3.05) is 19.6 Å². The number of hydrogen-bond acceptors (Lipinski definition) is 4. The van der Waals surface area contributed by atoms with Crippen molar-refractivity contribution in [3.05, 3.63) is 16.1 Å². The molecule has 1 saturated heterocycles. The van der Waals surface area contributed by atoms with E-state index in [0.29, 0.717) is 0 Å². The first kappa shape index (κ1) is 12.5. The Bertz CT molecular complexity index is 391. The van der Waals surface area contributed by atoms with Crippen LogP contribution < -0.4 is 5.32 Å². The summed E-state index contributed by atoms with van der Waals surface area (Å²) in [6.07, 6.45) is 3.77. The molecule has 0 bridgehead atoms. The number of carbonyl (C=O) groups excluding carboxylic acids is 1. The van der Waals surface area contributed by atoms with Crippen LogP contribution in [-0.2, 0) is 6.42 Å². The van der Waals surface area contributed by atoms with E-state index in [2.05, 4.69) is 24.1 Å². The van der Waals surface area contributed by atoms with Gasteiger partial charge >= 0.3 is 0 Å². The van der Waals surface area contributed by atoms with Crippen LogP contribution in [0.15, 0.2) is 6.20 Å². The molecule has 2 rings (SSSR count). The zero-order valence-corrected chi connectivity index (χ0v) is 11.2. The quantitative estimate of drug-likeness (QED) is 0.888. The molecule has 2 heterocycles. The Balaban J connectivity index is 2.07. The minimum Gasteiger partial charge on any atom is -0.333 e. The molecule has 1 aromatic heterocycles. The first-order chi connectivity index (χ1) is 8.22. The average Bonchev–Trinajstić information content (AvgIpc) is 2.78. The van der Waals surface area contributed by atoms with Gasteiger partial charge in [-0.2, -0.15) is 0 Å². The largest absolute Gasteiger partial charge is 0.333 e. The Labute approximate surface area is 106 Å². The Hall–Kier alpha value is -0.940. The predicted molar refractivity (Wildman–Crippen MR) is 69.5 cm³/mol. The molecule has 1 N–H and O–H groups in total. The zero-order valence-electron chi connectivity index (χ0n) is 10.4. The predicted octanol–water partition coefficient (Wildman–Crippen LogP) is 1.53. The van der Waals surface area contributed by atoms with Gasteiger partial charge in [-0.05, 0) is 19.8 Å². The van der Waals surface area contributed by atoms with Gasteiger partial charge in [0, 0.05) is 25.7 Å². The minimum atomic E-state index is 0.138. The number of carbonyl (C=O) groups is 1. The van der Waals surface area contributed by atoms with Crippen molar-refractivity contribution < 1.29 is 4.79 Å². The van der Waals surface area contributed by atoms with Crippen molar-refractivity contribution in [2.24, 2.45) is 0 Å². The fraction of sp³-hybridized carbons (Fsp3) is 0.667. The minimum absolute atomic E-state index is 0.138. The van der Waals surface area contributed by atoms with E-state index in [1.807, 2.05) is 4.90 Å². The Morgan fingerprint density at radius 2 is 2.53 bits per heavy atom. The second-order valence-corrected chi connectivity index (χ2v) is 5.54. The van der Waals surface area contributed by atoms with Gasteiger partial charge in [0.05, 0.1) is 11.2 Å². The molecule has 5 heteroatoms. The fourth-order valence-electron chi connectivity index (χ4n) is 2.02. The van der Waals surface area contributed by atoms with Crippen LogP contribution in [0.25, 0.3) is 0 Å². The molecule has 1 aliphatic rings. The maximum atomic E-state index is 12.3. The number of rotatable bonds is 3. The first-order valence-electron chi connectivity index (χ1n) is 6.18. The van der Waals surface area contributed by atoms with E-state index in [1.54, 1.807) is 6.20 Å². The lowest BCUT2D eigenvalue weighted by Gasteiger charge is -2.33. The normalized spacial score (nSPS) is 20.6. The van der Waals surface area contributed by atoms with E-state index < -0.39 is 0 Å². The van der Waals surface area contributed by atoms with Crippen molar-refractivity contribution in [2.45, 2.75) is 32.7 Å². The van der Waals surface area contributed by atoms with Gasteiger partial charge in [0.25, 0.3) is 5.91 Å². The summed E-state index contributed by atoms with van der Waals surface area (Å²) in [5.74, 6) is 0.138. The number of nitrogens with zero attached hydrogens (tertiary/aromatic N) is 2. The standard InChI is InChI=1S/C12H19N3OS/c1-3-4-11-14-8-10(17-11)12(16)15-6-5-13-7-9(15)2/h8-9,13H,3-7H2,1-2H3/t9-/m0/s1. The molecule has 4 nitrogen and oxygen atoms in total.